The van der Waals surface area contributed by atoms with Crippen molar-refractivity contribution in [3.63, 3.8) is 0 Å². The van der Waals surface area contributed by atoms with Gasteiger partial charge < -0.3 is 4.42 Å². The standard InChI is InChI=1S/C51H31N3OS/c1-4-12-32(13-5-1)34-20-22-36(23-21-34)50-52-49(35-16-8-3-9-17-35)53-51(54-50)38-25-27-41-40-26-24-37(30-45(40)55-46(41)31-38)43-28-39(33-14-6-2-7-15-33)29-44-42-18-10-11-19-47(42)56-48(43)44/h1-31H. The molecule has 0 aliphatic heterocycles. The van der Waals surface area contributed by atoms with E-state index in [1.165, 1.54) is 42.4 Å². The van der Waals surface area contributed by atoms with Crippen molar-refractivity contribution in [1.29, 1.82) is 0 Å². The molecule has 8 aromatic carbocycles. The van der Waals surface area contributed by atoms with Gasteiger partial charge in [0.15, 0.2) is 17.5 Å². The number of rotatable bonds is 6. The lowest BCUT2D eigenvalue weighted by atomic mass is 9.95. The summed E-state index contributed by atoms with van der Waals surface area (Å²) in [7, 11) is 0. The van der Waals surface area contributed by atoms with Crippen molar-refractivity contribution >= 4 is 53.4 Å². The highest BCUT2D eigenvalue weighted by atomic mass is 32.1. The molecule has 0 aliphatic carbocycles. The maximum Gasteiger partial charge on any atom is 0.164 e. The van der Waals surface area contributed by atoms with Crippen LogP contribution in [0.25, 0.3) is 110 Å². The van der Waals surface area contributed by atoms with Crippen molar-refractivity contribution in [2.24, 2.45) is 0 Å². The Morgan fingerprint density at radius 3 is 1.45 bits per heavy atom. The first kappa shape index (κ1) is 32.2. The normalized spacial score (nSPS) is 11.6. The maximum atomic E-state index is 6.68. The SMILES string of the molecule is c1ccc(-c2ccc(-c3nc(-c4ccccc4)nc(-c4ccc5c(c4)oc4cc(-c6cc(-c7ccccc7)cc7c6sc6ccccc67)ccc45)n3)cc2)cc1. The molecule has 3 aromatic heterocycles. The zero-order valence-electron chi connectivity index (χ0n) is 30.1. The highest BCUT2D eigenvalue weighted by molar-refractivity contribution is 7.26. The van der Waals surface area contributed by atoms with Crippen LogP contribution in [0, 0.1) is 0 Å². The second-order valence-corrected chi connectivity index (χ2v) is 15.1. The summed E-state index contributed by atoms with van der Waals surface area (Å²) in [5, 5.41) is 4.68. The zero-order chi connectivity index (χ0) is 37.0. The molecule has 0 unspecified atom stereocenters. The van der Waals surface area contributed by atoms with Crippen LogP contribution in [0.15, 0.2) is 192 Å². The first-order valence-electron chi connectivity index (χ1n) is 18.7. The molecule has 0 amide bonds. The quantitative estimate of drug-likeness (QED) is 0.171. The summed E-state index contributed by atoms with van der Waals surface area (Å²) in [4.78, 5) is 15.0. The Bertz CT molecular complexity index is 3230. The molecule has 0 radical (unpaired) electrons. The Hall–Kier alpha value is -7.21. The van der Waals surface area contributed by atoms with Crippen molar-refractivity contribution in [3.05, 3.63) is 188 Å². The van der Waals surface area contributed by atoms with Gasteiger partial charge in [0.2, 0.25) is 0 Å². The number of fused-ring (bicyclic) bond motifs is 6. The summed E-state index contributed by atoms with van der Waals surface area (Å²) in [5.41, 5.74) is 11.4. The fourth-order valence-electron chi connectivity index (χ4n) is 7.72. The van der Waals surface area contributed by atoms with Gasteiger partial charge in [0.1, 0.15) is 11.2 Å². The van der Waals surface area contributed by atoms with Crippen molar-refractivity contribution in [3.8, 4) is 67.5 Å². The molecule has 0 N–H and O–H groups in total. The molecule has 0 atom stereocenters. The molecule has 3 heterocycles. The number of hydrogen-bond acceptors (Lipinski definition) is 5. The van der Waals surface area contributed by atoms with E-state index in [9.17, 15) is 0 Å². The highest BCUT2D eigenvalue weighted by Crippen LogP contribution is 2.44. The summed E-state index contributed by atoms with van der Waals surface area (Å²) < 4.78 is 9.24. The Labute approximate surface area is 327 Å². The Kier molecular flexibility index (Phi) is 7.64. The second kappa shape index (κ2) is 13.3. The van der Waals surface area contributed by atoms with Crippen LogP contribution < -0.4 is 0 Å². The third-order valence-electron chi connectivity index (χ3n) is 10.5. The number of nitrogens with zero attached hydrogens (tertiary/aromatic N) is 3. The summed E-state index contributed by atoms with van der Waals surface area (Å²) in [6.07, 6.45) is 0. The van der Waals surface area contributed by atoms with Gasteiger partial charge in [-0.15, -0.1) is 11.3 Å². The second-order valence-electron chi connectivity index (χ2n) is 14.0. The summed E-state index contributed by atoms with van der Waals surface area (Å²) in [5.74, 6) is 1.83. The topological polar surface area (TPSA) is 51.8 Å². The third kappa shape index (κ3) is 5.65. The molecule has 262 valence electrons. The van der Waals surface area contributed by atoms with Crippen LogP contribution in [0.1, 0.15) is 0 Å². The van der Waals surface area contributed by atoms with E-state index in [1.807, 2.05) is 47.7 Å². The number of furan rings is 1. The first-order valence-corrected chi connectivity index (χ1v) is 19.5. The molecule has 11 aromatic rings. The van der Waals surface area contributed by atoms with Crippen molar-refractivity contribution in [1.82, 2.24) is 15.0 Å². The van der Waals surface area contributed by atoms with Gasteiger partial charge in [-0.3, -0.25) is 0 Å². The van der Waals surface area contributed by atoms with E-state index >= 15 is 0 Å². The molecule has 5 heteroatoms. The van der Waals surface area contributed by atoms with Crippen molar-refractivity contribution < 1.29 is 4.42 Å². The molecular formula is C51H31N3OS. The van der Waals surface area contributed by atoms with Crippen LogP contribution in [-0.2, 0) is 0 Å². The summed E-state index contributed by atoms with van der Waals surface area (Å²) in [6.45, 7) is 0. The minimum atomic E-state index is 0.592. The molecular weight excluding hydrogens is 703 g/mol. The molecule has 0 aliphatic rings. The first-order chi connectivity index (χ1) is 27.7. The van der Waals surface area contributed by atoms with Gasteiger partial charge in [-0.1, -0.05) is 146 Å². The number of hydrogen-bond donors (Lipinski definition) is 0. The lowest BCUT2D eigenvalue weighted by molar-refractivity contribution is 0.669. The maximum absolute atomic E-state index is 6.68. The van der Waals surface area contributed by atoms with Crippen LogP contribution in [0.5, 0.6) is 0 Å². The summed E-state index contributed by atoms with van der Waals surface area (Å²) in [6, 6.07) is 65.7. The van der Waals surface area contributed by atoms with Gasteiger partial charge in [-0.2, -0.15) is 0 Å². The fraction of sp³-hybridized carbons (Fsp3) is 0. The van der Waals surface area contributed by atoms with E-state index in [2.05, 4.69) is 152 Å². The van der Waals surface area contributed by atoms with Crippen LogP contribution >= 0.6 is 11.3 Å². The predicted molar refractivity (Wildman–Crippen MR) is 233 cm³/mol. The van der Waals surface area contributed by atoms with Gasteiger partial charge in [-0.05, 0) is 70.3 Å². The minimum absolute atomic E-state index is 0.592. The average molecular weight is 734 g/mol. The highest BCUT2D eigenvalue weighted by Gasteiger charge is 2.18. The van der Waals surface area contributed by atoms with Crippen molar-refractivity contribution in [2.45, 2.75) is 0 Å². The molecule has 0 saturated heterocycles. The van der Waals surface area contributed by atoms with E-state index in [0.717, 1.165) is 49.8 Å². The molecule has 56 heavy (non-hydrogen) atoms. The largest absolute Gasteiger partial charge is 0.456 e. The van der Waals surface area contributed by atoms with E-state index in [0.29, 0.717) is 17.5 Å². The fourth-order valence-corrected chi connectivity index (χ4v) is 8.94. The molecule has 11 rings (SSSR count). The average Bonchev–Trinajstić information content (AvgIpc) is 3.84. The zero-order valence-corrected chi connectivity index (χ0v) is 30.9. The third-order valence-corrected chi connectivity index (χ3v) is 11.8. The molecule has 0 fully saturated rings. The smallest absolute Gasteiger partial charge is 0.164 e. The molecule has 0 saturated carbocycles. The Balaban J connectivity index is 1.02. The Morgan fingerprint density at radius 1 is 0.321 bits per heavy atom. The van der Waals surface area contributed by atoms with Gasteiger partial charge in [0, 0.05) is 53.2 Å². The summed E-state index contributed by atoms with van der Waals surface area (Å²) >= 11 is 1.85. The van der Waals surface area contributed by atoms with Gasteiger partial charge in [-0.25, -0.2) is 15.0 Å². The lowest BCUT2D eigenvalue weighted by Crippen LogP contribution is -2.00. The number of thiophene rings is 1. The Morgan fingerprint density at radius 2 is 0.786 bits per heavy atom. The van der Waals surface area contributed by atoms with Crippen LogP contribution in [0.3, 0.4) is 0 Å². The molecule has 4 nitrogen and oxygen atoms in total. The van der Waals surface area contributed by atoms with E-state index in [-0.39, 0.29) is 0 Å². The predicted octanol–water partition coefficient (Wildman–Crippen LogP) is 14.1. The van der Waals surface area contributed by atoms with E-state index < -0.39 is 0 Å². The minimum Gasteiger partial charge on any atom is -0.456 e. The van der Waals surface area contributed by atoms with Gasteiger partial charge >= 0.3 is 0 Å². The van der Waals surface area contributed by atoms with Crippen LogP contribution in [-0.4, -0.2) is 15.0 Å². The lowest BCUT2D eigenvalue weighted by Gasteiger charge is -2.09. The van der Waals surface area contributed by atoms with E-state index in [1.54, 1.807) is 0 Å². The van der Waals surface area contributed by atoms with Gasteiger partial charge in [0.25, 0.3) is 0 Å². The van der Waals surface area contributed by atoms with Gasteiger partial charge in [0.05, 0.1) is 0 Å². The van der Waals surface area contributed by atoms with Crippen molar-refractivity contribution in [2.75, 3.05) is 0 Å². The number of aromatic nitrogens is 3. The molecule has 0 spiro atoms. The van der Waals surface area contributed by atoms with Crippen LogP contribution in [0.2, 0.25) is 0 Å². The molecule has 0 bridgehead atoms. The number of benzene rings is 8. The van der Waals surface area contributed by atoms with E-state index in [4.69, 9.17) is 19.4 Å². The van der Waals surface area contributed by atoms with Crippen LogP contribution in [0.4, 0.5) is 0 Å². The monoisotopic (exact) mass is 733 g/mol.